The summed E-state index contributed by atoms with van der Waals surface area (Å²) in [6, 6.07) is 15.5. The first-order valence-electron chi connectivity index (χ1n) is 9.48. The van der Waals surface area contributed by atoms with Crippen molar-refractivity contribution in [2.45, 2.75) is 31.3 Å². The molecule has 2 atom stereocenters. The molecule has 1 fully saturated rings. The highest BCUT2D eigenvalue weighted by molar-refractivity contribution is 7.88. The minimum absolute atomic E-state index is 0.00277. The van der Waals surface area contributed by atoms with Crippen LogP contribution >= 0.6 is 0 Å². The summed E-state index contributed by atoms with van der Waals surface area (Å²) in [4.78, 5) is 14.6. The Morgan fingerprint density at radius 1 is 1.14 bits per heavy atom. The van der Waals surface area contributed by atoms with Crippen LogP contribution in [0.15, 0.2) is 48.5 Å². The summed E-state index contributed by atoms with van der Waals surface area (Å²) >= 11 is 0. The maximum atomic E-state index is 12.8. The number of hydrogen-bond donors (Lipinski definition) is 1. The number of fused-ring (bicyclic) bond motifs is 5. The summed E-state index contributed by atoms with van der Waals surface area (Å²) in [5.41, 5.74) is 3.11. The van der Waals surface area contributed by atoms with Gasteiger partial charge < -0.3 is 9.64 Å². The number of amides is 1. The maximum absolute atomic E-state index is 12.8. The Morgan fingerprint density at radius 3 is 2.79 bits per heavy atom. The van der Waals surface area contributed by atoms with Crippen molar-refractivity contribution < 1.29 is 17.9 Å². The van der Waals surface area contributed by atoms with Crippen LogP contribution in [0, 0.1) is 0 Å². The van der Waals surface area contributed by atoms with Crippen LogP contribution < -0.4 is 9.46 Å². The smallest absolute Gasteiger partial charge is 0.226 e. The minimum Gasteiger partial charge on any atom is -0.492 e. The van der Waals surface area contributed by atoms with E-state index in [0.29, 0.717) is 26.0 Å². The molecule has 0 radical (unpaired) electrons. The second kappa shape index (κ2) is 7.56. The molecule has 2 bridgehead atoms. The molecule has 28 heavy (non-hydrogen) atoms. The molecule has 4 rings (SSSR count). The van der Waals surface area contributed by atoms with Gasteiger partial charge in [-0.25, -0.2) is 13.1 Å². The van der Waals surface area contributed by atoms with E-state index < -0.39 is 10.0 Å². The fourth-order valence-electron chi connectivity index (χ4n) is 4.16. The lowest BCUT2D eigenvalue weighted by Crippen LogP contribution is -2.47. The zero-order chi connectivity index (χ0) is 19.7. The molecule has 2 heterocycles. The number of benzene rings is 2. The molecular formula is C21H24N2O4S. The number of hydrogen-bond acceptors (Lipinski definition) is 4. The van der Waals surface area contributed by atoms with Crippen molar-refractivity contribution in [1.82, 2.24) is 9.62 Å². The highest BCUT2D eigenvalue weighted by Crippen LogP contribution is 2.32. The topological polar surface area (TPSA) is 75.7 Å². The zero-order valence-corrected chi connectivity index (χ0v) is 16.6. The molecule has 6 nitrogen and oxygen atoms in total. The van der Waals surface area contributed by atoms with E-state index in [2.05, 4.69) is 10.8 Å². The lowest BCUT2D eigenvalue weighted by molar-refractivity contribution is -0.132. The van der Waals surface area contributed by atoms with Gasteiger partial charge in [0.1, 0.15) is 5.75 Å². The van der Waals surface area contributed by atoms with E-state index in [1.54, 1.807) is 0 Å². The van der Waals surface area contributed by atoms with Crippen molar-refractivity contribution in [3.8, 4) is 16.9 Å². The van der Waals surface area contributed by atoms with Gasteiger partial charge in [-0.2, -0.15) is 0 Å². The third kappa shape index (κ3) is 4.05. The van der Waals surface area contributed by atoms with Gasteiger partial charge in [0.15, 0.2) is 0 Å². The molecular weight excluding hydrogens is 376 g/mol. The third-order valence-electron chi connectivity index (χ3n) is 5.37. The number of ether oxygens (including phenoxy) is 1. The number of para-hydroxylation sites is 1. The van der Waals surface area contributed by atoms with Crippen LogP contribution in [0.4, 0.5) is 0 Å². The summed E-state index contributed by atoms with van der Waals surface area (Å²) < 4.78 is 32.2. The summed E-state index contributed by atoms with van der Waals surface area (Å²) in [7, 11) is -3.35. The largest absolute Gasteiger partial charge is 0.492 e. The second-order valence-electron chi connectivity index (χ2n) is 7.44. The van der Waals surface area contributed by atoms with Gasteiger partial charge in [-0.15, -0.1) is 0 Å². The van der Waals surface area contributed by atoms with Crippen LogP contribution in [0.2, 0.25) is 0 Å². The molecule has 0 aliphatic carbocycles. The average molecular weight is 401 g/mol. The fourth-order valence-corrected chi connectivity index (χ4v) is 4.98. The van der Waals surface area contributed by atoms with Gasteiger partial charge >= 0.3 is 0 Å². The van der Waals surface area contributed by atoms with Crippen molar-refractivity contribution in [2.24, 2.45) is 0 Å². The standard InChI is InChI=1S/C21H24N2O4S/c1-28(25,26)22-18-9-11-23-19(18)14-15-5-4-6-16(13-15)17-7-2-3-8-20(17)27-12-10-21(23)24/h2-8,13,18-19,22H,9-12,14H2,1H3. The Balaban J connectivity index is 1.73. The first-order chi connectivity index (χ1) is 13.4. The highest BCUT2D eigenvalue weighted by Gasteiger charge is 2.38. The monoisotopic (exact) mass is 400 g/mol. The van der Waals surface area contributed by atoms with Crippen molar-refractivity contribution in [1.29, 1.82) is 0 Å². The van der Waals surface area contributed by atoms with Gasteiger partial charge in [0.2, 0.25) is 15.9 Å². The van der Waals surface area contributed by atoms with Crippen LogP contribution in [0.5, 0.6) is 5.75 Å². The van der Waals surface area contributed by atoms with E-state index in [9.17, 15) is 13.2 Å². The van der Waals surface area contributed by atoms with Crippen LogP contribution in [0.3, 0.4) is 0 Å². The number of nitrogens with zero attached hydrogens (tertiary/aromatic N) is 1. The molecule has 1 amide bonds. The van der Waals surface area contributed by atoms with E-state index in [4.69, 9.17) is 4.74 Å². The predicted molar refractivity (Wildman–Crippen MR) is 108 cm³/mol. The highest BCUT2D eigenvalue weighted by atomic mass is 32.2. The van der Waals surface area contributed by atoms with Crippen LogP contribution in [-0.4, -0.2) is 50.7 Å². The Bertz CT molecular complexity index is 989. The Morgan fingerprint density at radius 2 is 1.96 bits per heavy atom. The quantitative estimate of drug-likeness (QED) is 0.839. The van der Waals surface area contributed by atoms with Crippen LogP contribution in [-0.2, 0) is 21.2 Å². The second-order valence-corrected chi connectivity index (χ2v) is 9.22. The van der Waals surface area contributed by atoms with Gasteiger partial charge in [0.25, 0.3) is 0 Å². The van der Waals surface area contributed by atoms with Crippen LogP contribution in [0.25, 0.3) is 11.1 Å². The summed E-state index contributed by atoms with van der Waals surface area (Å²) in [5, 5.41) is 0. The molecule has 2 aromatic carbocycles. The normalized spacial score (nSPS) is 22.5. The molecule has 0 spiro atoms. The van der Waals surface area contributed by atoms with Crippen LogP contribution in [0.1, 0.15) is 18.4 Å². The molecule has 2 aromatic rings. The van der Waals surface area contributed by atoms with Gasteiger partial charge in [0, 0.05) is 18.2 Å². The van der Waals surface area contributed by atoms with E-state index in [1.807, 2.05) is 47.4 Å². The molecule has 2 aliphatic rings. The van der Waals surface area contributed by atoms with E-state index in [-0.39, 0.29) is 24.4 Å². The van der Waals surface area contributed by atoms with E-state index in [0.717, 1.165) is 28.7 Å². The first-order valence-corrected chi connectivity index (χ1v) is 11.4. The number of nitrogens with one attached hydrogen (secondary N) is 1. The van der Waals surface area contributed by atoms with E-state index >= 15 is 0 Å². The van der Waals surface area contributed by atoms with Crippen molar-refractivity contribution in [3.63, 3.8) is 0 Å². The summed E-state index contributed by atoms with van der Waals surface area (Å²) in [6.45, 7) is 0.843. The van der Waals surface area contributed by atoms with Gasteiger partial charge in [-0.3, -0.25) is 4.79 Å². The zero-order valence-electron chi connectivity index (χ0n) is 15.8. The number of carbonyl (C=O) groups is 1. The Labute approximate surface area is 165 Å². The maximum Gasteiger partial charge on any atom is 0.226 e. The number of rotatable bonds is 2. The third-order valence-corrected chi connectivity index (χ3v) is 6.11. The minimum atomic E-state index is -3.35. The molecule has 2 aliphatic heterocycles. The number of sulfonamides is 1. The SMILES string of the molecule is CS(=O)(=O)NC1CCN2C(=O)CCOc3ccccc3-c3cccc(c3)CC12. The fraction of sp³-hybridized carbons (Fsp3) is 0.381. The molecule has 1 saturated heterocycles. The lowest BCUT2D eigenvalue weighted by Gasteiger charge is -2.29. The van der Waals surface area contributed by atoms with E-state index in [1.165, 1.54) is 0 Å². The molecule has 1 N–H and O–H groups in total. The average Bonchev–Trinajstić information content (AvgIpc) is 3.02. The van der Waals surface area contributed by atoms with Crippen molar-refractivity contribution >= 4 is 15.9 Å². The number of carbonyl (C=O) groups excluding carboxylic acids is 1. The Hall–Kier alpha value is -2.38. The van der Waals surface area contributed by atoms with Gasteiger partial charge in [-0.1, -0.05) is 42.5 Å². The summed E-state index contributed by atoms with van der Waals surface area (Å²) in [6.07, 6.45) is 2.66. The predicted octanol–water partition coefficient (Wildman–Crippen LogP) is 2.20. The first kappa shape index (κ1) is 19.0. The molecule has 0 saturated carbocycles. The van der Waals surface area contributed by atoms with Gasteiger partial charge in [-0.05, 0) is 30.0 Å². The molecule has 148 valence electrons. The van der Waals surface area contributed by atoms with Crippen molar-refractivity contribution in [3.05, 3.63) is 54.1 Å². The molecule has 0 aromatic heterocycles. The lowest BCUT2D eigenvalue weighted by atomic mass is 9.96. The van der Waals surface area contributed by atoms with Gasteiger partial charge in [0.05, 0.1) is 25.3 Å². The summed E-state index contributed by atoms with van der Waals surface area (Å²) in [5.74, 6) is 0.764. The van der Waals surface area contributed by atoms with Crippen molar-refractivity contribution in [2.75, 3.05) is 19.4 Å². The molecule has 2 unspecified atom stereocenters. The molecule has 7 heteroatoms. The Kier molecular flexibility index (Phi) is 5.12.